The molecule has 1 aromatic carbocycles. The summed E-state index contributed by atoms with van der Waals surface area (Å²) in [6, 6.07) is -0.204. The van der Waals surface area contributed by atoms with Crippen molar-refractivity contribution in [3.05, 3.63) is 29.3 Å². The van der Waals surface area contributed by atoms with E-state index in [9.17, 15) is 31.1 Å². The maximum Gasteiger partial charge on any atom is 0.416 e. The fraction of sp³-hybridized carbons (Fsp3) is 0.588. The van der Waals surface area contributed by atoms with Crippen molar-refractivity contribution in [2.75, 3.05) is 18.4 Å². The Balaban J connectivity index is 2.29. The molecule has 1 aliphatic carbocycles. The summed E-state index contributed by atoms with van der Waals surface area (Å²) in [7, 11) is 3.69. The van der Waals surface area contributed by atoms with Crippen molar-refractivity contribution in [2.24, 2.45) is 0 Å². The fourth-order valence-corrected chi connectivity index (χ4v) is 3.47. The van der Waals surface area contributed by atoms with Gasteiger partial charge in [-0.2, -0.15) is 26.3 Å². The van der Waals surface area contributed by atoms with Crippen molar-refractivity contribution < 1.29 is 31.1 Å². The Kier molecular flexibility index (Phi) is 6.80. The van der Waals surface area contributed by atoms with Crippen LogP contribution in [0.15, 0.2) is 18.2 Å². The van der Waals surface area contributed by atoms with Gasteiger partial charge in [0, 0.05) is 12.1 Å². The molecule has 0 saturated heterocycles. The Morgan fingerprint density at radius 2 is 1.50 bits per heavy atom. The van der Waals surface area contributed by atoms with Crippen LogP contribution >= 0.6 is 12.8 Å². The normalized spacial score (nSPS) is 20.9. The van der Waals surface area contributed by atoms with Gasteiger partial charge in [0.05, 0.1) is 16.8 Å². The Hall–Kier alpha value is -1.62. The summed E-state index contributed by atoms with van der Waals surface area (Å²) >= 11 is 3.85. The van der Waals surface area contributed by atoms with E-state index >= 15 is 0 Å². The van der Waals surface area contributed by atoms with Crippen molar-refractivity contribution in [2.45, 2.75) is 50.1 Å². The van der Waals surface area contributed by atoms with Crippen LogP contribution in [0.4, 0.5) is 36.8 Å². The number of rotatable bonds is 3. The number of urea groups is 1. The predicted molar refractivity (Wildman–Crippen MR) is 96.2 cm³/mol. The van der Waals surface area contributed by atoms with Gasteiger partial charge >= 0.3 is 18.4 Å². The minimum atomic E-state index is -5.00. The smallest absolute Gasteiger partial charge is 0.333 e. The summed E-state index contributed by atoms with van der Waals surface area (Å²) < 4.78 is 78.5. The van der Waals surface area contributed by atoms with Crippen molar-refractivity contribution in [1.82, 2.24) is 10.2 Å². The monoisotopic (exact) mass is 429 g/mol. The van der Waals surface area contributed by atoms with E-state index in [0.717, 1.165) is 19.3 Å². The number of likely N-dealkylation sites (N-methyl/N-ethyl adjacent to an activating group) is 1. The van der Waals surface area contributed by atoms with Crippen LogP contribution in [0.3, 0.4) is 0 Å². The van der Waals surface area contributed by atoms with Gasteiger partial charge in [-0.05, 0) is 45.1 Å². The van der Waals surface area contributed by atoms with Crippen molar-refractivity contribution >= 4 is 24.5 Å². The number of hydrogen-bond donors (Lipinski definition) is 2. The standard InChI is InChI=1S/C17H21F6N3OS/c1-25(2)14-6-4-3-5-13(14)24-15(27)26(28)12-8-10(16(18,19)20)7-11(9-12)17(21,22)23/h7-9,13-14,28H,3-6H2,1-2H3,(H,24,27)/t13-,14-/m0/s1. The fourth-order valence-electron chi connectivity index (χ4n) is 3.30. The largest absolute Gasteiger partial charge is 0.416 e. The molecule has 2 amide bonds. The number of anilines is 1. The summed E-state index contributed by atoms with van der Waals surface area (Å²) in [6.45, 7) is 0. The van der Waals surface area contributed by atoms with Crippen LogP contribution in [0.25, 0.3) is 0 Å². The SMILES string of the molecule is CN(C)[C@H]1CCCC[C@@H]1NC(=O)N(S)c1cc(C(F)(F)F)cc(C(F)(F)F)c1. The number of halogens is 6. The van der Waals surface area contributed by atoms with Crippen LogP contribution in [0, 0.1) is 0 Å². The summed E-state index contributed by atoms with van der Waals surface area (Å²) in [6.07, 6.45) is -6.67. The van der Waals surface area contributed by atoms with Crippen molar-refractivity contribution in [1.29, 1.82) is 0 Å². The highest BCUT2D eigenvalue weighted by atomic mass is 32.1. The van der Waals surface area contributed by atoms with Crippen LogP contribution in [-0.4, -0.2) is 37.1 Å². The molecule has 0 heterocycles. The number of thiol groups is 1. The molecule has 2 atom stereocenters. The molecule has 28 heavy (non-hydrogen) atoms. The Morgan fingerprint density at radius 3 is 1.96 bits per heavy atom. The lowest BCUT2D eigenvalue weighted by Gasteiger charge is -2.37. The maximum atomic E-state index is 13.0. The van der Waals surface area contributed by atoms with Gasteiger partial charge in [-0.3, -0.25) is 0 Å². The molecular formula is C17H21F6N3OS. The molecule has 158 valence electrons. The molecule has 2 rings (SSSR count). The van der Waals surface area contributed by atoms with Gasteiger partial charge in [-0.1, -0.05) is 25.7 Å². The van der Waals surface area contributed by atoms with Crippen LogP contribution < -0.4 is 9.62 Å². The third-order valence-electron chi connectivity index (χ3n) is 4.71. The van der Waals surface area contributed by atoms with Crippen molar-refractivity contribution in [3.63, 3.8) is 0 Å². The molecule has 0 spiro atoms. The number of benzene rings is 1. The van der Waals surface area contributed by atoms with Gasteiger partial charge in [-0.25, -0.2) is 9.10 Å². The maximum absolute atomic E-state index is 13.0. The summed E-state index contributed by atoms with van der Waals surface area (Å²) in [5, 5.41) is 2.67. The number of amides is 2. The second-order valence-corrected chi connectivity index (χ2v) is 7.35. The highest BCUT2D eigenvalue weighted by Gasteiger charge is 2.38. The molecule has 1 saturated carbocycles. The first-order valence-electron chi connectivity index (χ1n) is 8.56. The average molecular weight is 429 g/mol. The Bertz CT molecular complexity index is 675. The van der Waals surface area contributed by atoms with E-state index in [4.69, 9.17) is 0 Å². The number of carbonyl (C=O) groups is 1. The van der Waals surface area contributed by atoms with E-state index in [-0.39, 0.29) is 18.2 Å². The topological polar surface area (TPSA) is 35.6 Å². The van der Waals surface area contributed by atoms with E-state index in [0.29, 0.717) is 22.9 Å². The third kappa shape index (κ3) is 5.47. The van der Waals surface area contributed by atoms with Gasteiger partial charge in [0.15, 0.2) is 0 Å². The third-order valence-corrected chi connectivity index (χ3v) is 5.12. The average Bonchev–Trinajstić information content (AvgIpc) is 2.59. The second-order valence-electron chi connectivity index (χ2n) is 6.95. The first-order chi connectivity index (χ1) is 12.8. The first-order valence-corrected chi connectivity index (χ1v) is 8.96. The summed E-state index contributed by atoms with van der Waals surface area (Å²) in [4.78, 5) is 14.4. The van der Waals surface area contributed by atoms with E-state index in [1.165, 1.54) is 0 Å². The minimum Gasteiger partial charge on any atom is -0.333 e. The number of hydrogen-bond acceptors (Lipinski definition) is 3. The molecular weight excluding hydrogens is 408 g/mol. The van der Waals surface area contributed by atoms with E-state index in [2.05, 4.69) is 18.1 Å². The van der Waals surface area contributed by atoms with E-state index < -0.39 is 35.2 Å². The Labute approximate surface area is 164 Å². The summed E-state index contributed by atoms with van der Waals surface area (Å²) in [5.41, 5.74) is -3.62. The van der Waals surface area contributed by atoms with E-state index in [1.54, 1.807) is 0 Å². The van der Waals surface area contributed by atoms with Crippen LogP contribution in [-0.2, 0) is 12.4 Å². The van der Waals surface area contributed by atoms with Gasteiger partial charge in [0.25, 0.3) is 0 Å². The molecule has 0 radical (unpaired) electrons. The number of alkyl halides is 6. The summed E-state index contributed by atoms with van der Waals surface area (Å²) in [5.74, 6) is 0. The quantitative estimate of drug-likeness (QED) is 0.527. The van der Waals surface area contributed by atoms with Crippen molar-refractivity contribution in [3.8, 4) is 0 Å². The van der Waals surface area contributed by atoms with Gasteiger partial charge in [-0.15, -0.1) is 0 Å². The zero-order valence-corrected chi connectivity index (χ0v) is 16.1. The molecule has 0 unspecified atom stereocenters. The first kappa shape index (κ1) is 22.7. The Morgan fingerprint density at radius 1 is 1.00 bits per heavy atom. The molecule has 11 heteroatoms. The van der Waals surface area contributed by atoms with Gasteiger partial charge in [0.2, 0.25) is 0 Å². The van der Waals surface area contributed by atoms with Crippen LogP contribution in [0.1, 0.15) is 36.8 Å². The van der Waals surface area contributed by atoms with Gasteiger partial charge in [0.1, 0.15) is 0 Å². The zero-order valence-electron chi connectivity index (χ0n) is 15.2. The molecule has 0 aromatic heterocycles. The molecule has 1 aromatic rings. The van der Waals surface area contributed by atoms with Gasteiger partial charge < -0.3 is 10.2 Å². The molecule has 1 aliphatic rings. The number of nitrogens with one attached hydrogen (secondary N) is 1. The lowest BCUT2D eigenvalue weighted by atomic mass is 9.89. The lowest BCUT2D eigenvalue weighted by molar-refractivity contribution is -0.143. The van der Waals surface area contributed by atoms with Crippen LogP contribution in [0.5, 0.6) is 0 Å². The van der Waals surface area contributed by atoms with Crippen LogP contribution in [0.2, 0.25) is 0 Å². The predicted octanol–water partition coefficient (Wildman–Crippen LogP) is 4.96. The molecule has 1 N–H and O–H groups in total. The molecule has 0 bridgehead atoms. The van der Waals surface area contributed by atoms with E-state index in [1.807, 2.05) is 19.0 Å². The zero-order chi connectivity index (χ0) is 21.3. The lowest BCUT2D eigenvalue weighted by Crippen LogP contribution is -2.53. The minimum absolute atomic E-state index is 0.00618. The molecule has 4 nitrogen and oxygen atoms in total. The molecule has 0 aliphatic heterocycles. The molecule has 1 fully saturated rings. The second kappa shape index (κ2) is 8.40. The number of nitrogens with zero attached hydrogens (tertiary/aromatic N) is 2. The highest BCUT2D eigenvalue weighted by molar-refractivity contribution is 7.82. The highest BCUT2D eigenvalue weighted by Crippen LogP contribution is 2.38. The number of carbonyl (C=O) groups excluding carboxylic acids is 1.